The van der Waals surface area contributed by atoms with Gasteiger partial charge in [-0.2, -0.15) is 0 Å². The zero-order valence-corrected chi connectivity index (χ0v) is 22.8. The molecule has 36 heavy (non-hydrogen) atoms. The zero-order valence-electron chi connectivity index (χ0n) is 21.2. The van der Waals surface area contributed by atoms with Gasteiger partial charge in [-0.25, -0.2) is 4.98 Å². The monoisotopic (exact) mass is 539 g/mol. The summed E-state index contributed by atoms with van der Waals surface area (Å²) >= 11 is 8.18. The lowest BCUT2D eigenvalue weighted by Crippen LogP contribution is -2.46. The summed E-state index contributed by atoms with van der Waals surface area (Å²) in [7, 11) is 0. The molecule has 3 heterocycles. The van der Waals surface area contributed by atoms with Gasteiger partial charge in [-0.1, -0.05) is 45.4 Å². The fourth-order valence-electron chi connectivity index (χ4n) is 4.76. The maximum absolute atomic E-state index is 13.2. The van der Waals surface area contributed by atoms with Crippen molar-refractivity contribution in [2.24, 2.45) is 17.3 Å². The Morgan fingerprint density at radius 2 is 1.92 bits per heavy atom. The van der Waals surface area contributed by atoms with E-state index in [2.05, 4.69) is 4.98 Å². The van der Waals surface area contributed by atoms with Gasteiger partial charge in [0.05, 0.1) is 52.5 Å². The van der Waals surface area contributed by atoms with Gasteiger partial charge in [0, 0.05) is 18.3 Å². The van der Waals surface area contributed by atoms with Gasteiger partial charge in [-0.05, 0) is 24.6 Å². The van der Waals surface area contributed by atoms with Crippen LogP contribution < -0.4 is 0 Å². The SMILES string of the molecule is Cc1nc2cc([C@@H]3C[C@@H]4O[C@]4(Cl)COC[C@H](C)[C@H](O)[C@@H](C)C(=O)C(C)(C)[C@@H](O)CC(=O)O3)ccc2s1. The second kappa shape index (κ2) is 10.3. The molecule has 0 aliphatic carbocycles. The maximum Gasteiger partial charge on any atom is 0.309 e. The first kappa shape index (κ1) is 27.4. The number of alkyl halides is 1. The molecule has 8 nitrogen and oxygen atoms in total. The van der Waals surface area contributed by atoms with Crippen LogP contribution in [0.4, 0.5) is 0 Å². The number of cyclic esters (lactones) is 1. The second-order valence-corrected chi connectivity index (χ2v) is 12.5. The Morgan fingerprint density at radius 3 is 2.64 bits per heavy atom. The summed E-state index contributed by atoms with van der Waals surface area (Å²) in [6, 6.07) is 5.72. The minimum atomic E-state index is -1.29. The van der Waals surface area contributed by atoms with Crippen molar-refractivity contribution in [3.8, 4) is 0 Å². The Hall–Kier alpha value is -1.62. The number of aryl methyl sites for hydroxylation is 1. The molecule has 2 aliphatic rings. The van der Waals surface area contributed by atoms with Crippen LogP contribution in [-0.2, 0) is 23.8 Å². The summed E-state index contributed by atoms with van der Waals surface area (Å²) < 4.78 is 18.4. The van der Waals surface area contributed by atoms with Crippen LogP contribution in [0.5, 0.6) is 0 Å². The van der Waals surface area contributed by atoms with Gasteiger partial charge in [0.2, 0.25) is 0 Å². The van der Waals surface area contributed by atoms with Crippen molar-refractivity contribution < 1.29 is 34.0 Å². The van der Waals surface area contributed by atoms with E-state index in [0.717, 1.165) is 20.8 Å². The smallest absolute Gasteiger partial charge is 0.309 e. The largest absolute Gasteiger partial charge is 0.457 e. The number of carbonyl (C=O) groups excluding carboxylic acids is 2. The van der Waals surface area contributed by atoms with Crippen LogP contribution in [0.1, 0.15) is 57.2 Å². The molecule has 1 aromatic carbocycles. The van der Waals surface area contributed by atoms with E-state index in [0.29, 0.717) is 6.42 Å². The number of aromatic nitrogens is 1. The van der Waals surface area contributed by atoms with Crippen molar-refractivity contribution in [3.05, 3.63) is 28.8 Å². The molecule has 2 saturated heterocycles. The van der Waals surface area contributed by atoms with Gasteiger partial charge in [0.25, 0.3) is 0 Å². The highest BCUT2D eigenvalue weighted by Gasteiger charge is 2.57. The number of hydrogen-bond acceptors (Lipinski definition) is 9. The van der Waals surface area contributed by atoms with E-state index in [9.17, 15) is 19.8 Å². The van der Waals surface area contributed by atoms with E-state index in [1.807, 2.05) is 25.1 Å². The average Bonchev–Trinajstić information content (AvgIpc) is 3.28. The maximum atomic E-state index is 13.2. The van der Waals surface area contributed by atoms with E-state index >= 15 is 0 Å². The molecule has 7 atom stereocenters. The van der Waals surface area contributed by atoms with Gasteiger partial charge < -0.3 is 24.4 Å². The topological polar surface area (TPSA) is 118 Å². The highest BCUT2D eigenvalue weighted by Crippen LogP contribution is 2.47. The van der Waals surface area contributed by atoms with Gasteiger partial charge >= 0.3 is 5.97 Å². The molecule has 0 unspecified atom stereocenters. The molecule has 10 heteroatoms. The summed E-state index contributed by atoms with van der Waals surface area (Å²) in [4.78, 5) is 30.7. The molecule has 2 aromatic rings. The standard InChI is InChI=1S/C26H34ClNO7S/c1-13-11-33-12-26(27)21(35-26)9-18(16-6-7-19-17(8-16)28-15(3)36-19)34-22(30)10-20(29)25(4,5)24(32)14(2)23(13)31/h6-8,13-14,18,20-21,23,29,31H,9-12H2,1-5H3/t13-,14+,18-,20-,21-,23-,26+/m0/s1. The fourth-order valence-corrected chi connectivity index (χ4v) is 5.84. The Morgan fingerprint density at radius 1 is 1.19 bits per heavy atom. The number of epoxide rings is 1. The number of thiazole rings is 1. The van der Waals surface area contributed by atoms with E-state index in [1.54, 1.807) is 39.0 Å². The molecule has 0 amide bonds. The van der Waals surface area contributed by atoms with Crippen molar-refractivity contribution in [1.29, 1.82) is 0 Å². The lowest BCUT2D eigenvalue weighted by Gasteiger charge is -2.34. The van der Waals surface area contributed by atoms with E-state index in [4.69, 9.17) is 25.8 Å². The summed E-state index contributed by atoms with van der Waals surface area (Å²) in [5.41, 5.74) is 0.283. The van der Waals surface area contributed by atoms with Crippen LogP contribution in [0.2, 0.25) is 0 Å². The molecule has 2 aliphatic heterocycles. The Bertz CT molecular complexity index is 1140. The van der Waals surface area contributed by atoms with Gasteiger partial charge in [-0.15, -0.1) is 11.3 Å². The molecule has 0 saturated carbocycles. The number of aliphatic hydroxyl groups excluding tert-OH is 2. The van der Waals surface area contributed by atoms with Crippen LogP contribution in [0, 0.1) is 24.2 Å². The van der Waals surface area contributed by atoms with E-state index in [1.165, 1.54) is 0 Å². The number of rotatable bonds is 1. The summed E-state index contributed by atoms with van der Waals surface area (Å²) in [5, 5.41) is 21.5. The predicted octanol–water partition coefficient (Wildman–Crippen LogP) is 3.92. The molecule has 0 radical (unpaired) electrons. The van der Waals surface area contributed by atoms with Crippen LogP contribution in [0.25, 0.3) is 10.2 Å². The van der Waals surface area contributed by atoms with Crippen molar-refractivity contribution in [3.63, 3.8) is 0 Å². The third kappa shape index (κ3) is 5.61. The highest BCUT2D eigenvalue weighted by molar-refractivity contribution is 7.18. The zero-order chi connectivity index (χ0) is 26.4. The van der Waals surface area contributed by atoms with Gasteiger partial charge in [-0.3, -0.25) is 9.59 Å². The molecular weight excluding hydrogens is 506 g/mol. The Kier molecular flexibility index (Phi) is 7.82. The molecule has 0 bridgehead atoms. The third-order valence-electron chi connectivity index (χ3n) is 7.37. The number of hydrogen-bond donors (Lipinski definition) is 2. The lowest BCUT2D eigenvalue weighted by molar-refractivity contribution is -0.156. The van der Waals surface area contributed by atoms with E-state index < -0.39 is 46.8 Å². The summed E-state index contributed by atoms with van der Waals surface area (Å²) in [5.74, 6) is -2.11. The number of halogens is 1. The number of Topliss-reactive ketones (excluding diaryl/α,β-unsaturated/α-hetero) is 1. The van der Waals surface area contributed by atoms with Crippen molar-refractivity contribution >= 4 is 44.9 Å². The number of carbonyl (C=O) groups is 2. The van der Waals surface area contributed by atoms with Crippen LogP contribution in [0.15, 0.2) is 18.2 Å². The normalized spacial score (nSPS) is 36.3. The molecule has 0 spiro atoms. The minimum Gasteiger partial charge on any atom is -0.457 e. The number of benzene rings is 1. The highest BCUT2D eigenvalue weighted by atomic mass is 35.5. The fraction of sp³-hybridized carbons (Fsp3) is 0.654. The Labute approximate surface area is 219 Å². The molecule has 2 fully saturated rings. The number of aliphatic hydroxyl groups is 2. The Balaban J connectivity index is 1.61. The van der Waals surface area contributed by atoms with Crippen LogP contribution in [-0.4, -0.2) is 63.5 Å². The van der Waals surface area contributed by atoms with E-state index in [-0.39, 0.29) is 31.3 Å². The summed E-state index contributed by atoms with van der Waals surface area (Å²) in [6.45, 7) is 8.78. The first-order valence-corrected chi connectivity index (χ1v) is 13.4. The van der Waals surface area contributed by atoms with Crippen LogP contribution in [0.3, 0.4) is 0 Å². The lowest BCUT2D eigenvalue weighted by atomic mass is 9.73. The first-order valence-electron chi connectivity index (χ1n) is 12.2. The summed E-state index contributed by atoms with van der Waals surface area (Å²) in [6.07, 6.45) is -3.46. The number of esters is 1. The molecule has 4 rings (SSSR count). The quantitative estimate of drug-likeness (QED) is 0.318. The number of nitrogens with zero attached hydrogens (tertiary/aromatic N) is 1. The van der Waals surface area contributed by atoms with Crippen molar-refractivity contribution in [2.45, 2.75) is 76.9 Å². The minimum absolute atomic E-state index is 0.0911. The van der Waals surface area contributed by atoms with Gasteiger partial charge in [0.1, 0.15) is 18.0 Å². The molecule has 198 valence electrons. The number of ketones is 1. The molecule has 2 N–H and O–H groups in total. The van der Waals surface area contributed by atoms with Crippen LogP contribution >= 0.6 is 22.9 Å². The molecular formula is C26H34ClNO7S. The average molecular weight is 540 g/mol. The number of fused-ring (bicyclic) bond motifs is 2. The predicted molar refractivity (Wildman–Crippen MR) is 136 cm³/mol. The second-order valence-electron chi connectivity index (χ2n) is 10.6. The van der Waals surface area contributed by atoms with Crippen molar-refractivity contribution in [2.75, 3.05) is 13.2 Å². The third-order valence-corrected chi connectivity index (χ3v) is 8.76. The number of ether oxygens (including phenoxy) is 3. The van der Waals surface area contributed by atoms with Crippen molar-refractivity contribution in [1.82, 2.24) is 4.98 Å². The molecule has 1 aromatic heterocycles. The van der Waals surface area contributed by atoms with Gasteiger partial charge in [0.15, 0.2) is 5.06 Å². The first-order chi connectivity index (χ1) is 16.8.